The largest absolute Gasteiger partial charge is 0.490 e. The molecule has 3 rings (SSSR count). The molecule has 0 spiro atoms. The van der Waals surface area contributed by atoms with Crippen LogP contribution in [-0.4, -0.2) is 41.8 Å². The molecule has 1 saturated carbocycles. The van der Waals surface area contributed by atoms with Gasteiger partial charge in [-0.2, -0.15) is 5.26 Å². The summed E-state index contributed by atoms with van der Waals surface area (Å²) in [4.78, 5) is 2.56. The molecule has 0 bridgehead atoms. The van der Waals surface area contributed by atoms with Crippen LogP contribution in [0.15, 0.2) is 24.3 Å². The van der Waals surface area contributed by atoms with Crippen molar-refractivity contribution in [2.45, 2.75) is 83.1 Å². The van der Waals surface area contributed by atoms with E-state index < -0.39 is 0 Å². The molecule has 0 amide bonds. The third kappa shape index (κ3) is 5.22. The number of likely N-dealkylation sites (tertiary alicyclic amines) is 1. The van der Waals surface area contributed by atoms with E-state index in [1.54, 1.807) is 0 Å². The fourth-order valence-corrected chi connectivity index (χ4v) is 4.02. The lowest BCUT2D eigenvalue weighted by Gasteiger charge is -2.42. The first-order valence-corrected chi connectivity index (χ1v) is 10.0. The summed E-state index contributed by atoms with van der Waals surface area (Å²) >= 11 is 0. The average molecular weight is 357 g/mol. The van der Waals surface area contributed by atoms with Gasteiger partial charge in [0.15, 0.2) is 0 Å². The minimum Gasteiger partial charge on any atom is -0.490 e. The molecule has 26 heavy (non-hydrogen) atoms. The zero-order chi connectivity index (χ0) is 18.6. The number of benzene rings is 1. The van der Waals surface area contributed by atoms with Crippen LogP contribution < -0.4 is 4.74 Å². The lowest BCUT2D eigenvalue weighted by Crippen LogP contribution is -2.48. The van der Waals surface area contributed by atoms with Crippen molar-refractivity contribution in [3.05, 3.63) is 29.8 Å². The van der Waals surface area contributed by atoms with Crippen molar-refractivity contribution in [2.75, 3.05) is 13.1 Å². The van der Waals surface area contributed by atoms with Crippen LogP contribution in [-0.2, 0) is 4.74 Å². The minimum atomic E-state index is 0.269. The smallest absolute Gasteiger partial charge is 0.119 e. The van der Waals surface area contributed by atoms with Crippen LogP contribution in [0, 0.1) is 11.3 Å². The van der Waals surface area contributed by atoms with E-state index in [4.69, 9.17) is 14.7 Å². The summed E-state index contributed by atoms with van der Waals surface area (Å²) in [5.74, 6) is 0.864. The van der Waals surface area contributed by atoms with Crippen molar-refractivity contribution >= 4 is 0 Å². The first-order valence-electron chi connectivity index (χ1n) is 10.0. The van der Waals surface area contributed by atoms with Crippen molar-refractivity contribution in [2.24, 2.45) is 0 Å². The van der Waals surface area contributed by atoms with E-state index in [1.165, 1.54) is 0 Å². The van der Waals surface area contributed by atoms with Gasteiger partial charge in [-0.25, -0.2) is 0 Å². The third-order valence-electron chi connectivity index (χ3n) is 5.68. The molecule has 0 N–H and O–H groups in total. The fourth-order valence-electron chi connectivity index (χ4n) is 4.02. The van der Waals surface area contributed by atoms with E-state index in [1.807, 2.05) is 24.3 Å². The van der Waals surface area contributed by atoms with Gasteiger partial charge >= 0.3 is 0 Å². The maximum absolute atomic E-state index is 8.86. The number of hydrogen-bond donors (Lipinski definition) is 0. The zero-order valence-electron chi connectivity index (χ0n) is 16.4. The SMILES string of the molecule is CC(C)(C)N1CCC(OC2CCC(Oc3ccc(C#N)cc3)CC2)CC1. The molecule has 1 aliphatic carbocycles. The first kappa shape index (κ1) is 19.2. The second-order valence-corrected chi connectivity index (χ2v) is 8.65. The second-order valence-electron chi connectivity index (χ2n) is 8.65. The van der Waals surface area contributed by atoms with Gasteiger partial charge < -0.3 is 9.47 Å². The van der Waals surface area contributed by atoms with E-state index in [0.29, 0.717) is 17.8 Å². The minimum absolute atomic E-state index is 0.269. The Kier molecular flexibility index (Phi) is 6.21. The summed E-state index contributed by atoms with van der Waals surface area (Å²) in [6, 6.07) is 9.55. The number of nitriles is 1. The quantitative estimate of drug-likeness (QED) is 0.795. The van der Waals surface area contributed by atoms with Crippen molar-refractivity contribution in [3.63, 3.8) is 0 Å². The summed E-state index contributed by atoms with van der Waals surface area (Å²) in [6.45, 7) is 9.17. The van der Waals surface area contributed by atoms with Crippen LogP contribution in [0.1, 0.15) is 64.9 Å². The van der Waals surface area contributed by atoms with Crippen molar-refractivity contribution in [1.29, 1.82) is 5.26 Å². The number of ether oxygens (including phenoxy) is 2. The molecule has 0 atom stereocenters. The average Bonchev–Trinajstić information content (AvgIpc) is 2.64. The molecule has 2 aliphatic rings. The highest BCUT2D eigenvalue weighted by Gasteiger charge is 2.30. The van der Waals surface area contributed by atoms with Crippen molar-refractivity contribution < 1.29 is 9.47 Å². The predicted molar refractivity (Wildman–Crippen MR) is 103 cm³/mol. The number of piperidine rings is 1. The van der Waals surface area contributed by atoms with Crippen molar-refractivity contribution in [1.82, 2.24) is 4.90 Å². The molecule has 142 valence electrons. The van der Waals surface area contributed by atoms with E-state index in [9.17, 15) is 0 Å². The molecule has 1 aromatic carbocycles. The normalized spacial score (nSPS) is 25.6. The number of hydrogen-bond acceptors (Lipinski definition) is 4. The van der Waals surface area contributed by atoms with Gasteiger partial charge in [-0.1, -0.05) is 0 Å². The maximum atomic E-state index is 8.86. The highest BCUT2D eigenvalue weighted by atomic mass is 16.5. The van der Waals surface area contributed by atoms with Crippen molar-refractivity contribution in [3.8, 4) is 11.8 Å². The Bertz CT molecular complexity index is 599. The Morgan fingerprint density at radius 2 is 1.42 bits per heavy atom. The Morgan fingerprint density at radius 1 is 0.885 bits per heavy atom. The lowest BCUT2D eigenvalue weighted by atomic mass is 9.94. The molecule has 1 aliphatic heterocycles. The van der Waals surface area contributed by atoms with Gasteiger partial charge in [0.1, 0.15) is 5.75 Å². The van der Waals surface area contributed by atoms with E-state index in [2.05, 4.69) is 31.7 Å². The molecule has 1 aromatic rings. The van der Waals surface area contributed by atoms with Gasteiger partial charge in [-0.15, -0.1) is 0 Å². The number of rotatable bonds is 4. The standard InChI is InChI=1S/C22H32N2O2/c1-22(2,3)24-14-12-21(13-15-24)26-20-10-8-19(9-11-20)25-18-6-4-17(16-23)5-7-18/h4-7,19-21H,8-15H2,1-3H3. The van der Waals surface area contributed by atoms with Gasteiger partial charge in [0.2, 0.25) is 0 Å². The van der Waals surface area contributed by atoms with Gasteiger partial charge in [-0.3, -0.25) is 4.90 Å². The summed E-state index contributed by atoms with van der Waals surface area (Å²) in [7, 11) is 0. The van der Waals surface area contributed by atoms with E-state index >= 15 is 0 Å². The van der Waals surface area contributed by atoms with Gasteiger partial charge in [0, 0.05) is 18.6 Å². The summed E-state index contributed by atoms with van der Waals surface area (Å²) in [5.41, 5.74) is 0.943. The Balaban J connectivity index is 1.38. The molecule has 1 heterocycles. The van der Waals surface area contributed by atoms with Gasteiger partial charge in [-0.05, 0) is 83.6 Å². The first-order chi connectivity index (χ1) is 12.4. The Hall–Kier alpha value is -1.57. The lowest BCUT2D eigenvalue weighted by molar-refractivity contribution is -0.0741. The number of nitrogens with zero attached hydrogens (tertiary/aromatic N) is 2. The van der Waals surface area contributed by atoms with Crippen LogP contribution >= 0.6 is 0 Å². The molecule has 0 radical (unpaired) electrons. The van der Waals surface area contributed by atoms with Crippen LogP contribution in [0.4, 0.5) is 0 Å². The van der Waals surface area contributed by atoms with Crippen LogP contribution in [0.5, 0.6) is 5.75 Å². The maximum Gasteiger partial charge on any atom is 0.119 e. The molecule has 2 fully saturated rings. The summed E-state index contributed by atoms with van der Waals surface area (Å²) < 4.78 is 12.5. The predicted octanol–water partition coefficient (Wildman–Crippen LogP) is 4.53. The highest BCUT2D eigenvalue weighted by Crippen LogP contribution is 2.29. The zero-order valence-corrected chi connectivity index (χ0v) is 16.4. The topological polar surface area (TPSA) is 45.5 Å². The van der Waals surface area contributed by atoms with E-state index in [0.717, 1.165) is 57.4 Å². The van der Waals surface area contributed by atoms with Crippen LogP contribution in [0.2, 0.25) is 0 Å². The summed E-state index contributed by atoms with van der Waals surface area (Å²) in [6.07, 6.45) is 7.65. The van der Waals surface area contributed by atoms with E-state index in [-0.39, 0.29) is 11.6 Å². The highest BCUT2D eigenvalue weighted by molar-refractivity contribution is 5.34. The Labute approximate surface area is 158 Å². The molecule has 0 aromatic heterocycles. The third-order valence-corrected chi connectivity index (χ3v) is 5.68. The van der Waals surface area contributed by atoms with Crippen LogP contribution in [0.25, 0.3) is 0 Å². The molecular formula is C22H32N2O2. The summed E-state index contributed by atoms with van der Waals surface area (Å²) in [5, 5.41) is 8.86. The molecular weight excluding hydrogens is 324 g/mol. The van der Waals surface area contributed by atoms with Gasteiger partial charge in [0.25, 0.3) is 0 Å². The van der Waals surface area contributed by atoms with Gasteiger partial charge in [0.05, 0.1) is 29.9 Å². The fraction of sp³-hybridized carbons (Fsp3) is 0.682. The molecule has 0 unspecified atom stereocenters. The monoisotopic (exact) mass is 356 g/mol. The second kappa shape index (κ2) is 8.41. The molecule has 4 nitrogen and oxygen atoms in total. The molecule has 4 heteroatoms. The van der Waals surface area contributed by atoms with Crippen LogP contribution in [0.3, 0.4) is 0 Å². The molecule has 1 saturated heterocycles. The Morgan fingerprint density at radius 3 is 1.96 bits per heavy atom.